The van der Waals surface area contributed by atoms with E-state index in [1.807, 2.05) is 103 Å². The van der Waals surface area contributed by atoms with Crippen molar-refractivity contribution in [3.63, 3.8) is 0 Å². The first kappa shape index (κ1) is 63.4. The van der Waals surface area contributed by atoms with Crippen LogP contribution < -0.4 is 34.9 Å². The van der Waals surface area contributed by atoms with Gasteiger partial charge in [-0.25, -0.2) is 18.7 Å². The zero-order valence-electron chi connectivity index (χ0n) is 40.1. The van der Waals surface area contributed by atoms with E-state index in [0.717, 1.165) is 56.4 Å². The van der Waals surface area contributed by atoms with Crippen LogP contribution in [0.1, 0.15) is 91.2 Å². The fourth-order valence-corrected chi connectivity index (χ4v) is 7.36. The molecule has 2 saturated heterocycles. The Labute approximate surface area is 465 Å². The number of hydrogen-bond donors (Lipinski definition) is 5. The third-order valence-corrected chi connectivity index (χ3v) is 12.0. The number of aryl methyl sites for hydroxylation is 6. The Morgan fingerprint density at radius 1 is 0.725 bits per heavy atom. The van der Waals surface area contributed by atoms with Crippen LogP contribution in [0.2, 0.25) is 0 Å². The van der Waals surface area contributed by atoms with E-state index in [1.54, 1.807) is 29.0 Å². The van der Waals surface area contributed by atoms with Crippen molar-refractivity contribution < 1.29 is 46.2 Å². The van der Waals surface area contributed by atoms with Crippen LogP contribution >= 0.6 is 77.2 Å². The summed E-state index contributed by atoms with van der Waals surface area (Å²) in [5.41, 5.74) is 11.2. The summed E-state index contributed by atoms with van der Waals surface area (Å²) in [6.07, 6.45) is -1.41. The number of nitrogens with zero attached hydrogens (tertiary/aromatic N) is 6. The average molecular weight is 1550 g/mol. The van der Waals surface area contributed by atoms with E-state index < -0.39 is 23.5 Å². The molecule has 2 aliphatic heterocycles. The summed E-state index contributed by atoms with van der Waals surface area (Å²) in [4.78, 5) is 37.2. The molecule has 2 atom stereocenters. The van der Waals surface area contributed by atoms with Gasteiger partial charge in [-0.05, 0) is 111 Å². The van der Waals surface area contributed by atoms with Crippen molar-refractivity contribution in [3.8, 4) is 12.1 Å². The number of pyridine rings is 2. The SMILES string of the molecule is CNc1nc(CN)ccc1C.CNc1nc(CNC(C#N)C2(F)CCN(C(=O)c3ccc(C)c(C)c3)CC2)ccc1C.Cc1ccc(C(=O)N2CCC(F)(C(O)C#N)CC2)cc1C.I[I-]I.[I][V][I]. The number of rotatable bonds is 10. The summed E-state index contributed by atoms with van der Waals surface area (Å²) in [7, 11) is 4.28. The molecule has 377 valence electrons. The zero-order chi connectivity index (χ0) is 51.9. The molecule has 6 rings (SSSR count). The Kier molecular flexibility index (Phi) is 29.8. The molecule has 6 N–H and O–H groups in total. The van der Waals surface area contributed by atoms with Crippen LogP contribution in [0, 0.1) is 64.2 Å². The molecule has 13 nitrogen and oxygen atoms in total. The second kappa shape index (κ2) is 32.4. The Morgan fingerprint density at radius 3 is 1.46 bits per heavy atom. The Hall–Kier alpha value is -1.77. The number of likely N-dealkylation sites (tertiary alicyclic amines) is 2. The zero-order valence-corrected chi connectivity index (χ0v) is 52.3. The van der Waals surface area contributed by atoms with Crippen molar-refractivity contribution in [1.29, 1.82) is 10.5 Å². The topological polar surface area (TPSA) is 196 Å². The normalized spacial score (nSPS) is 15.2. The molecule has 2 amide bonds. The number of piperidine rings is 2. The summed E-state index contributed by atoms with van der Waals surface area (Å²) >= 11 is 10.0. The first-order valence-electron chi connectivity index (χ1n) is 21.8. The van der Waals surface area contributed by atoms with Gasteiger partial charge in [-0.1, -0.05) is 24.3 Å². The van der Waals surface area contributed by atoms with Crippen LogP contribution in [0.15, 0.2) is 60.7 Å². The molecular formula is C48H62F2I5N10O3V-. The number of carbonyl (C=O) groups excluding carboxylic acids is 2. The van der Waals surface area contributed by atoms with E-state index in [-0.39, 0.29) is 63.7 Å². The average Bonchev–Trinajstić information content (AvgIpc) is 3.34. The molecule has 2 aliphatic rings. The Bertz CT molecular complexity index is 2360. The van der Waals surface area contributed by atoms with Gasteiger partial charge in [0.05, 0.1) is 23.5 Å². The maximum absolute atomic E-state index is 15.7. The number of nitrogens with two attached hydrogens (primary N) is 1. The molecule has 0 bridgehead atoms. The first-order chi connectivity index (χ1) is 32.7. The number of nitrogens with one attached hydrogen (secondary N) is 3. The molecule has 2 aromatic heterocycles. The number of nitriles is 2. The van der Waals surface area contributed by atoms with Crippen molar-refractivity contribution in [2.45, 2.75) is 104 Å². The number of carbonyl (C=O) groups is 2. The number of anilines is 2. The molecule has 0 radical (unpaired) electrons. The number of amides is 2. The van der Waals surface area contributed by atoms with Crippen LogP contribution in [-0.2, 0) is 22.6 Å². The number of halogens is 7. The number of aliphatic hydroxyl groups is 1. The van der Waals surface area contributed by atoms with Crippen LogP contribution in [0.25, 0.3) is 0 Å². The third kappa shape index (κ3) is 19.9. The fourth-order valence-electron chi connectivity index (χ4n) is 7.36. The standard InChI is InChI=1S/C24H30FN5O.C16H19FN2O2.C8H13N3.I3.2HI.V/c1-16-5-7-19(13-18(16)3)23(31)30-11-9-24(25,10-12-30)21(14-26)28-15-20-8-6-17(2)22(27-4)29-20;1-11-3-4-13(9-12(11)2)15(21)19-7-5-16(17,6-8-19)14(20)10-18;1-6-3-4-7(5-9)11-8(6)10-2;1-3-2;;;/h5-8,13,21,28H,9-12,15H2,1-4H3,(H,27,29);3-4,9,14,20H,5-8H2,1-2H3;3-4H,5,9H2,1-2H3,(H,10,11);;2*1H;/q;;;-1;;;+2/p-2. The number of aliphatic hydroxyl groups excluding tert-OH is 1. The van der Waals surface area contributed by atoms with E-state index in [1.165, 1.54) is 0 Å². The monoisotopic (exact) mass is 1550 g/mol. The minimum atomic E-state index is -1.91. The van der Waals surface area contributed by atoms with E-state index in [2.05, 4.69) is 109 Å². The molecule has 21 heteroatoms. The third-order valence-electron chi connectivity index (χ3n) is 12.0. The first-order valence-corrected chi connectivity index (χ1v) is 43.4. The summed E-state index contributed by atoms with van der Waals surface area (Å²) in [6, 6.07) is 21.5. The van der Waals surface area contributed by atoms with Gasteiger partial charge in [-0.15, -0.1) is 0 Å². The van der Waals surface area contributed by atoms with Crippen LogP contribution in [-0.4, -0.2) is 100 Å². The van der Waals surface area contributed by atoms with Crippen molar-refractivity contribution in [2.75, 3.05) is 50.9 Å². The molecule has 4 heterocycles. The Balaban J connectivity index is 0.000000368. The van der Waals surface area contributed by atoms with Crippen molar-refractivity contribution in [2.24, 2.45) is 5.73 Å². The molecule has 0 saturated carbocycles. The van der Waals surface area contributed by atoms with Gasteiger partial charge in [0.25, 0.3) is 11.8 Å². The van der Waals surface area contributed by atoms with Crippen LogP contribution in [0.5, 0.6) is 0 Å². The van der Waals surface area contributed by atoms with Gasteiger partial charge >= 0.3 is 99.9 Å². The maximum atomic E-state index is 15.7. The summed E-state index contributed by atoms with van der Waals surface area (Å²) in [5, 5.41) is 36.7. The molecular weight excluding hydrogens is 1490 g/mol. The molecule has 4 aromatic rings. The molecule has 2 fully saturated rings. The van der Waals surface area contributed by atoms with Crippen molar-refractivity contribution in [1.82, 2.24) is 25.1 Å². The van der Waals surface area contributed by atoms with E-state index >= 15 is 4.39 Å². The molecule has 0 spiro atoms. The summed E-state index contributed by atoms with van der Waals surface area (Å²) in [5.74, 6) is 1.45. The van der Waals surface area contributed by atoms with Gasteiger partial charge in [0.15, 0.2) is 11.8 Å². The fraction of sp³-hybridized carbons (Fsp3) is 0.458. The molecule has 2 unspecified atom stereocenters. The molecule has 69 heavy (non-hydrogen) atoms. The minimum absolute atomic E-state index is 0.0156. The summed E-state index contributed by atoms with van der Waals surface area (Å²) < 4.78 is 30.0. The number of aromatic nitrogens is 2. The van der Waals surface area contributed by atoms with E-state index in [4.69, 9.17) is 11.0 Å². The van der Waals surface area contributed by atoms with Gasteiger partial charge < -0.3 is 31.3 Å². The predicted molar refractivity (Wildman–Crippen MR) is 299 cm³/mol. The second-order valence-electron chi connectivity index (χ2n) is 16.5. The second-order valence-corrected chi connectivity index (χ2v) is 44.5. The van der Waals surface area contributed by atoms with Gasteiger partial charge in [-0.2, -0.15) is 10.5 Å². The summed E-state index contributed by atoms with van der Waals surface area (Å²) in [6.45, 7) is 13.6. The van der Waals surface area contributed by atoms with Crippen LogP contribution in [0.3, 0.4) is 0 Å². The van der Waals surface area contributed by atoms with Gasteiger partial charge in [0, 0.05) is 90.2 Å². The van der Waals surface area contributed by atoms with Crippen LogP contribution in [0.4, 0.5) is 20.4 Å². The number of alkyl halides is 2. The van der Waals surface area contributed by atoms with Crippen molar-refractivity contribution >= 4 is 101 Å². The number of benzene rings is 2. The van der Waals surface area contributed by atoms with E-state index in [0.29, 0.717) is 46.9 Å². The molecule has 0 aliphatic carbocycles. The van der Waals surface area contributed by atoms with Gasteiger partial charge in [0.2, 0.25) is 0 Å². The van der Waals surface area contributed by atoms with Crippen molar-refractivity contribution in [3.05, 3.63) is 117 Å². The number of hydrogen-bond acceptors (Lipinski definition) is 11. The molecule has 2 aromatic carbocycles. The van der Waals surface area contributed by atoms with Gasteiger partial charge in [-0.3, -0.25) is 14.9 Å². The quantitative estimate of drug-likeness (QED) is 0.0794. The predicted octanol–water partition coefficient (Wildman–Crippen LogP) is 7.24. The van der Waals surface area contributed by atoms with Gasteiger partial charge in [0.1, 0.15) is 23.3 Å². The Morgan fingerprint density at radius 2 is 1.10 bits per heavy atom. The van der Waals surface area contributed by atoms with E-state index in [9.17, 15) is 24.3 Å².